The molecule has 0 bridgehead atoms. The van der Waals surface area contributed by atoms with Crippen molar-refractivity contribution in [3.8, 4) is 0 Å². The first-order chi connectivity index (χ1) is 16.5. The first kappa shape index (κ1) is 22.3. The average Bonchev–Trinajstić information content (AvgIpc) is 3.17. The molecule has 34 heavy (non-hydrogen) atoms. The Hall–Kier alpha value is -3.46. The number of fused-ring (bicyclic) bond motifs is 3. The molecule has 2 saturated heterocycles. The highest BCUT2D eigenvalue weighted by Gasteiger charge is 2.52. The number of rotatable bonds is 6. The number of hydrogen-bond donors (Lipinski definition) is 1. The number of anilines is 3. The van der Waals surface area contributed by atoms with E-state index in [1.807, 2.05) is 37.3 Å². The summed E-state index contributed by atoms with van der Waals surface area (Å²) in [5.41, 5.74) is 1.16. The lowest BCUT2D eigenvalue weighted by Crippen LogP contribution is -2.62. The Labute approximate surface area is 198 Å². The topological polar surface area (TPSA) is 95.1 Å². The first-order valence-corrected chi connectivity index (χ1v) is 11.8. The average molecular weight is 464 g/mol. The third kappa shape index (κ3) is 4.00. The molecule has 5 rings (SSSR count). The molecular weight excluding hydrogens is 434 g/mol. The van der Waals surface area contributed by atoms with Crippen LogP contribution < -0.4 is 15.1 Å². The summed E-state index contributed by atoms with van der Waals surface area (Å²) in [4.78, 5) is 48.6. The van der Waals surface area contributed by atoms with Crippen LogP contribution in [-0.4, -0.2) is 66.1 Å². The molecule has 9 heteroatoms. The molecule has 2 aromatic rings. The van der Waals surface area contributed by atoms with E-state index >= 15 is 0 Å². The van der Waals surface area contributed by atoms with Crippen molar-refractivity contribution in [2.75, 3.05) is 48.0 Å². The Morgan fingerprint density at radius 3 is 2.71 bits per heavy atom. The molecule has 3 aliphatic rings. The molecular formula is C25H29N5O4. The molecule has 1 atom stereocenters. The zero-order valence-corrected chi connectivity index (χ0v) is 19.3. The summed E-state index contributed by atoms with van der Waals surface area (Å²) >= 11 is 0. The maximum Gasteiger partial charge on any atom is 0.257 e. The second-order valence-corrected chi connectivity index (χ2v) is 9.08. The number of benzene rings is 1. The van der Waals surface area contributed by atoms with E-state index in [9.17, 15) is 14.4 Å². The Morgan fingerprint density at radius 2 is 1.94 bits per heavy atom. The highest BCUT2D eigenvalue weighted by Crippen LogP contribution is 2.44. The molecule has 0 spiro atoms. The van der Waals surface area contributed by atoms with Crippen molar-refractivity contribution in [3.63, 3.8) is 0 Å². The number of carbonyl (C=O) groups excluding carboxylic acids is 3. The van der Waals surface area contributed by atoms with Gasteiger partial charge in [-0.05, 0) is 44.0 Å². The van der Waals surface area contributed by atoms with Gasteiger partial charge in [-0.3, -0.25) is 19.3 Å². The minimum Gasteiger partial charge on any atom is -0.378 e. The minimum atomic E-state index is -0.696. The summed E-state index contributed by atoms with van der Waals surface area (Å²) in [6.45, 7) is 5.33. The number of ether oxygens (including phenoxy) is 1. The smallest absolute Gasteiger partial charge is 0.257 e. The second kappa shape index (κ2) is 9.06. The van der Waals surface area contributed by atoms with Crippen LogP contribution in [0.25, 0.3) is 0 Å². The van der Waals surface area contributed by atoms with E-state index in [4.69, 9.17) is 4.74 Å². The molecule has 9 nitrogen and oxygen atoms in total. The van der Waals surface area contributed by atoms with Crippen LogP contribution in [0.4, 0.5) is 17.2 Å². The number of amides is 3. The molecule has 0 aliphatic carbocycles. The Morgan fingerprint density at radius 1 is 1.15 bits per heavy atom. The van der Waals surface area contributed by atoms with Gasteiger partial charge in [0.1, 0.15) is 11.5 Å². The van der Waals surface area contributed by atoms with Crippen LogP contribution in [0.15, 0.2) is 42.6 Å². The number of nitrogens with one attached hydrogen (secondary N) is 1. The molecule has 1 aromatic carbocycles. The molecule has 3 aliphatic heterocycles. The molecule has 0 saturated carbocycles. The van der Waals surface area contributed by atoms with Gasteiger partial charge in [-0.25, -0.2) is 4.98 Å². The highest BCUT2D eigenvalue weighted by molar-refractivity contribution is 6.10. The van der Waals surface area contributed by atoms with Gasteiger partial charge in [-0.1, -0.05) is 12.1 Å². The summed E-state index contributed by atoms with van der Waals surface area (Å²) in [7, 11) is 0. The van der Waals surface area contributed by atoms with Gasteiger partial charge in [0, 0.05) is 32.5 Å². The molecule has 4 heterocycles. The first-order valence-electron chi connectivity index (χ1n) is 11.8. The lowest BCUT2D eigenvalue weighted by atomic mass is 9.98. The zero-order valence-electron chi connectivity index (χ0n) is 19.3. The van der Waals surface area contributed by atoms with Gasteiger partial charge in [0.2, 0.25) is 11.8 Å². The third-order valence-corrected chi connectivity index (χ3v) is 6.90. The monoisotopic (exact) mass is 463 g/mol. The van der Waals surface area contributed by atoms with Crippen LogP contribution >= 0.6 is 0 Å². The van der Waals surface area contributed by atoms with E-state index in [1.165, 1.54) is 0 Å². The van der Waals surface area contributed by atoms with Gasteiger partial charge >= 0.3 is 0 Å². The number of aromatic nitrogens is 1. The molecule has 178 valence electrons. The van der Waals surface area contributed by atoms with Crippen molar-refractivity contribution in [3.05, 3.63) is 48.2 Å². The van der Waals surface area contributed by atoms with Gasteiger partial charge < -0.3 is 19.9 Å². The van der Waals surface area contributed by atoms with Crippen LogP contribution in [0.1, 0.15) is 43.0 Å². The molecule has 0 radical (unpaired) electrons. The van der Waals surface area contributed by atoms with E-state index in [0.29, 0.717) is 56.0 Å². The van der Waals surface area contributed by atoms with Crippen molar-refractivity contribution >= 4 is 34.9 Å². The molecule has 1 N–H and O–H groups in total. The van der Waals surface area contributed by atoms with Crippen molar-refractivity contribution in [1.82, 2.24) is 9.88 Å². The van der Waals surface area contributed by atoms with E-state index in [2.05, 4.69) is 15.2 Å². The molecule has 1 aromatic heterocycles. The fourth-order valence-electron chi connectivity index (χ4n) is 5.10. The minimum absolute atomic E-state index is 0.0261. The van der Waals surface area contributed by atoms with Crippen LogP contribution in [0.3, 0.4) is 0 Å². The predicted octanol–water partition coefficient (Wildman–Crippen LogP) is 2.64. The third-order valence-electron chi connectivity index (χ3n) is 6.90. The maximum atomic E-state index is 13.3. The van der Waals surface area contributed by atoms with Crippen LogP contribution in [0, 0.1) is 0 Å². The van der Waals surface area contributed by atoms with Crippen LogP contribution in [0.5, 0.6) is 0 Å². The highest BCUT2D eigenvalue weighted by atomic mass is 16.5. The van der Waals surface area contributed by atoms with Gasteiger partial charge in [0.25, 0.3) is 5.91 Å². The quantitative estimate of drug-likeness (QED) is 0.708. The maximum absolute atomic E-state index is 13.3. The van der Waals surface area contributed by atoms with Crippen molar-refractivity contribution in [2.24, 2.45) is 0 Å². The van der Waals surface area contributed by atoms with Gasteiger partial charge in [0.15, 0.2) is 0 Å². The van der Waals surface area contributed by atoms with E-state index < -0.39 is 5.66 Å². The summed E-state index contributed by atoms with van der Waals surface area (Å²) in [5.74, 6) is 0.676. The number of hydrogen-bond acceptors (Lipinski definition) is 6. The Bertz CT molecular complexity index is 1100. The normalized spacial score (nSPS) is 22.0. The van der Waals surface area contributed by atoms with Gasteiger partial charge in [-0.15, -0.1) is 0 Å². The summed E-state index contributed by atoms with van der Waals surface area (Å²) < 4.78 is 5.37. The number of nitrogens with zero attached hydrogens (tertiary/aromatic N) is 4. The van der Waals surface area contributed by atoms with Crippen LogP contribution in [-0.2, 0) is 14.3 Å². The van der Waals surface area contributed by atoms with Crippen molar-refractivity contribution in [2.45, 2.75) is 38.3 Å². The predicted molar refractivity (Wildman–Crippen MR) is 128 cm³/mol. The Kier molecular flexibility index (Phi) is 5.95. The van der Waals surface area contributed by atoms with Gasteiger partial charge in [-0.2, -0.15) is 0 Å². The molecule has 2 fully saturated rings. The Balaban J connectivity index is 1.19. The second-order valence-electron chi connectivity index (χ2n) is 9.08. The zero-order chi connectivity index (χ0) is 23.7. The lowest BCUT2D eigenvalue weighted by molar-refractivity contribution is -0.118. The van der Waals surface area contributed by atoms with Crippen molar-refractivity contribution in [1.29, 1.82) is 0 Å². The molecule has 3 amide bonds. The standard InChI is InChI=1S/C25H29N5O4/c1-25-11-10-23(32)30(25)20-6-3-2-5-19(20)24(33)29(25)12-4-7-22(31)27-18-8-9-21(26-17-18)28-13-15-34-16-14-28/h2-3,5-6,8-9,17H,4,7,10-16H2,1H3,(H,27,31). The number of para-hydroxylation sites is 1. The summed E-state index contributed by atoms with van der Waals surface area (Å²) in [6, 6.07) is 11.0. The van der Waals surface area contributed by atoms with Crippen molar-refractivity contribution < 1.29 is 19.1 Å². The largest absolute Gasteiger partial charge is 0.378 e. The van der Waals surface area contributed by atoms with Gasteiger partial charge in [0.05, 0.1) is 36.3 Å². The fraction of sp³-hybridized carbons (Fsp3) is 0.440. The summed E-state index contributed by atoms with van der Waals surface area (Å²) in [6.07, 6.45) is 3.41. The molecule has 1 unspecified atom stereocenters. The number of carbonyl (C=O) groups is 3. The van der Waals surface area contributed by atoms with E-state index in [1.54, 1.807) is 22.1 Å². The summed E-state index contributed by atoms with van der Waals surface area (Å²) in [5, 5.41) is 2.89. The number of pyridine rings is 1. The van der Waals surface area contributed by atoms with E-state index in [-0.39, 0.29) is 24.1 Å². The SMILES string of the molecule is CC12CCC(=O)N1c1ccccc1C(=O)N2CCCC(=O)Nc1ccc(N2CCOCC2)nc1. The number of morpholine rings is 1. The van der Waals surface area contributed by atoms with E-state index in [0.717, 1.165) is 18.9 Å². The lowest BCUT2D eigenvalue weighted by Gasteiger charge is -2.48. The van der Waals surface area contributed by atoms with Crippen LogP contribution in [0.2, 0.25) is 0 Å². The fourth-order valence-corrected chi connectivity index (χ4v) is 5.10.